The van der Waals surface area contributed by atoms with Crippen LogP contribution >= 0.6 is 23.2 Å². The molecule has 0 radical (unpaired) electrons. The number of benzene rings is 2. The van der Waals surface area contributed by atoms with E-state index in [0.29, 0.717) is 17.7 Å². The first-order chi connectivity index (χ1) is 12.5. The molecular formula is C18H19Cl2NO5S. The molecule has 2 aromatic carbocycles. The lowest BCUT2D eigenvalue weighted by Crippen LogP contribution is -2.10. The van der Waals surface area contributed by atoms with E-state index in [1.165, 1.54) is 0 Å². The smallest absolute Gasteiger partial charge is 0.303 e. The summed E-state index contributed by atoms with van der Waals surface area (Å²) < 4.78 is 31.0. The molecule has 0 saturated carbocycles. The first-order valence-electron chi connectivity index (χ1n) is 7.94. The fraction of sp³-hybridized carbons (Fsp3) is 0.278. The second kappa shape index (κ2) is 8.82. The monoisotopic (exact) mass is 431 g/mol. The number of ether oxygens (including phenoxy) is 1. The second-order valence-corrected chi connectivity index (χ2v) is 8.72. The molecule has 2 rings (SSSR count). The van der Waals surface area contributed by atoms with Crippen LogP contribution in [0.1, 0.15) is 23.1 Å². The summed E-state index contributed by atoms with van der Waals surface area (Å²) in [5.41, 5.74) is 2.75. The number of carboxylic acid groups (broad SMARTS) is 1. The van der Waals surface area contributed by atoms with Gasteiger partial charge in [-0.05, 0) is 54.3 Å². The Labute approximate surface area is 168 Å². The van der Waals surface area contributed by atoms with E-state index in [2.05, 4.69) is 4.72 Å². The minimum atomic E-state index is -3.38. The molecule has 0 amide bonds. The maximum Gasteiger partial charge on any atom is 0.303 e. The maximum absolute atomic E-state index is 11.4. The van der Waals surface area contributed by atoms with Crippen LogP contribution in [0.2, 0.25) is 10.0 Å². The standard InChI is InChI=1S/C18H19Cl2NO5S/c1-11-5-13(7-14(6-11)21-27(2,24)25)10-26-18-15(19)8-12(9-16(18)20)3-4-17(22)23/h5-9,21H,3-4,10H2,1-2H3,(H,22,23). The summed E-state index contributed by atoms with van der Waals surface area (Å²) in [6.45, 7) is 1.97. The quantitative estimate of drug-likeness (QED) is 0.650. The fourth-order valence-corrected chi connectivity index (χ4v) is 3.71. The third-order valence-corrected chi connectivity index (χ3v) is 4.68. The molecule has 27 heavy (non-hydrogen) atoms. The van der Waals surface area contributed by atoms with Crippen molar-refractivity contribution in [3.8, 4) is 5.75 Å². The molecular weight excluding hydrogens is 413 g/mol. The lowest BCUT2D eigenvalue weighted by molar-refractivity contribution is -0.136. The topological polar surface area (TPSA) is 92.7 Å². The van der Waals surface area contributed by atoms with Gasteiger partial charge in [0.2, 0.25) is 10.0 Å². The summed E-state index contributed by atoms with van der Waals surface area (Å²) in [5.74, 6) is -0.614. The van der Waals surface area contributed by atoms with Crippen molar-refractivity contribution >= 4 is 44.9 Å². The van der Waals surface area contributed by atoms with Crippen LogP contribution in [0.4, 0.5) is 5.69 Å². The van der Waals surface area contributed by atoms with Gasteiger partial charge in [0.1, 0.15) is 6.61 Å². The van der Waals surface area contributed by atoms with Gasteiger partial charge in [-0.1, -0.05) is 29.3 Å². The van der Waals surface area contributed by atoms with Gasteiger partial charge < -0.3 is 9.84 Å². The van der Waals surface area contributed by atoms with E-state index in [1.54, 1.807) is 24.3 Å². The molecule has 0 aromatic heterocycles. The van der Waals surface area contributed by atoms with E-state index in [1.807, 2.05) is 13.0 Å². The van der Waals surface area contributed by atoms with Gasteiger partial charge in [0.15, 0.2) is 5.75 Å². The summed E-state index contributed by atoms with van der Waals surface area (Å²) >= 11 is 12.4. The summed E-state index contributed by atoms with van der Waals surface area (Å²) in [5, 5.41) is 9.33. The van der Waals surface area contributed by atoms with Gasteiger partial charge >= 0.3 is 5.97 Å². The van der Waals surface area contributed by atoms with Crippen molar-refractivity contribution in [1.82, 2.24) is 0 Å². The Bertz CT molecular complexity index is 937. The van der Waals surface area contributed by atoms with Gasteiger partial charge in [0.25, 0.3) is 0 Å². The normalized spacial score (nSPS) is 11.3. The zero-order valence-corrected chi connectivity index (χ0v) is 17.1. The van der Waals surface area contributed by atoms with Crippen molar-refractivity contribution in [2.75, 3.05) is 11.0 Å². The fourth-order valence-electron chi connectivity index (χ4n) is 2.52. The zero-order chi connectivity index (χ0) is 20.2. The van der Waals surface area contributed by atoms with Gasteiger partial charge in [0.05, 0.1) is 16.3 Å². The first-order valence-corrected chi connectivity index (χ1v) is 10.6. The molecule has 0 bridgehead atoms. The largest absolute Gasteiger partial charge is 0.486 e. The van der Waals surface area contributed by atoms with E-state index >= 15 is 0 Å². The van der Waals surface area contributed by atoms with Crippen molar-refractivity contribution in [3.05, 3.63) is 57.1 Å². The molecule has 0 aliphatic carbocycles. The zero-order valence-electron chi connectivity index (χ0n) is 14.8. The highest BCUT2D eigenvalue weighted by Crippen LogP contribution is 2.35. The third kappa shape index (κ3) is 6.93. The number of nitrogens with one attached hydrogen (secondary N) is 1. The summed E-state index contributed by atoms with van der Waals surface area (Å²) in [6.07, 6.45) is 1.37. The van der Waals surface area contributed by atoms with E-state index in [0.717, 1.165) is 17.4 Å². The highest BCUT2D eigenvalue weighted by molar-refractivity contribution is 7.92. The molecule has 6 nitrogen and oxygen atoms in total. The number of carbonyl (C=O) groups is 1. The molecule has 146 valence electrons. The number of halogens is 2. The van der Waals surface area contributed by atoms with Crippen molar-refractivity contribution < 1.29 is 23.1 Å². The molecule has 0 atom stereocenters. The second-order valence-electron chi connectivity index (χ2n) is 6.15. The molecule has 0 saturated heterocycles. The lowest BCUT2D eigenvalue weighted by atomic mass is 10.1. The van der Waals surface area contributed by atoms with Gasteiger partial charge in [-0.25, -0.2) is 8.42 Å². The highest BCUT2D eigenvalue weighted by atomic mass is 35.5. The average molecular weight is 432 g/mol. The molecule has 0 unspecified atom stereocenters. The Hall–Kier alpha value is -1.96. The average Bonchev–Trinajstić information content (AvgIpc) is 2.49. The van der Waals surface area contributed by atoms with Crippen LogP contribution in [0.25, 0.3) is 0 Å². The Morgan fingerprint density at radius 3 is 2.30 bits per heavy atom. The molecule has 2 N–H and O–H groups in total. The van der Waals surface area contributed by atoms with Gasteiger partial charge in [-0.15, -0.1) is 0 Å². The van der Waals surface area contributed by atoms with Gasteiger partial charge in [0, 0.05) is 12.1 Å². The molecule has 0 aliphatic rings. The number of anilines is 1. The van der Waals surface area contributed by atoms with Gasteiger partial charge in [-0.3, -0.25) is 9.52 Å². The predicted octanol–water partition coefficient (Wildman–Crippen LogP) is 4.27. The Morgan fingerprint density at radius 2 is 1.74 bits per heavy atom. The van der Waals surface area contributed by atoms with E-state index in [4.69, 9.17) is 33.0 Å². The van der Waals surface area contributed by atoms with Crippen LogP contribution in [0.15, 0.2) is 30.3 Å². The van der Waals surface area contributed by atoms with Crippen LogP contribution in [-0.2, 0) is 27.8 Å². The minimum Gasteiger partial charge on any atom is -0.486 e. The molecule has 0 spiro atoms. The summed E-state index contributed by atoms with van der Waals surface area (Å²) in [6, 6.07) is 8.48. The van der Waals surface area contributed by atoms with Crippen molar-refractivity contribution in [1.29, 1.82) is 0 Å². The summed E-state index contributed by atoms with van der Waals surface area (Å²) in [4.78, 5) is 10.7. The Kier molecular flexibility index (Phi) is 6.97. The van der Waals surface area contributed by atoms with Crippen LogP contribution in [0.5, 0.6) is 5.75 Å². The molecule has 2 aromatic rings. The van der Waals surface area contributed by atoms with Crippen molar-refractivity contribution in [2.24, 2.45) is 0 Å². The Balaban J connectivity index is 2.15. The van der Waals surface area contributed by atoms with Gasteiger partial charge in [-0.2, -0.15) is 0 Å². The third-order valence-electron chi connectivity index (χ3n) is 3.51. The SMILES string of the molecule is Cc1cc(COc2c(Cl)cc(CCC(=O)O)cc2Cl)cc(NS(C)(=O)=O)c1. The lowest BCUT2D eigenvalue weighted by Gasteiger charge is -2.13. The molecule has 0 heterocycles. The molecule has 0 aliphatic heterocycles. The van der Waals surface area contributed by atoms with Crippen LogP contribution in [0.3, 0.4) is 0 Å². The number of hydrogen-bond donors (Lipinski definition) is 2. The number of carboxylic acids is 1. The number of rotatable bonds is 8. The van der Waals surface area contributed by atoms with Crippen molar-refractivity contribution in [3.63, 3.8) is 0 Å². The van der Waals surface area contributed by atoms with E-state index < -0.39 is 16.0 Å². The summed E-state index contributed by atoms with van der Waals surface area (Å²) in [7, 11) is -3.38. The van der Waals surface area contributed by atoms with Crippen LogP contribution < -0.4 is 9.46 Å². The predicted molar refractivity (Wildman–Crippen MR) is 106 cm³/mol. The number of sulfonamides is 1. The highest BCUT2D eigenvalue weighted by Gasteiger charge is 2.12. The number of hydrogen-bond acceptors (Lipinski definition) is 4. The van der Waals surface area contributed by atoms with Crippen LogP contribution in [-0.4, -0.2) is 25.7 Å². The van der Waals surface area contributed by atoms with Crippen molar-refractivity contribution in [2.45, 2.75) is 26.4 Å². The minimum absolute atomic E-state index is 0.0216. The number of aryl methyl sites for hydroxylation is 2. The number of aliphatic carboxylic acids is 1. The Morgan fingerprint density at radius 1 is 1.11 bits per heavy atom. The van der Waals surface area contributed by atoms with E-state index in [-0.39, 0.29) is 28.8 Å². The maximum atomic E-state index is 11.4. The first kappa shape index (κ1) is 21.3. The van der Waals surface area contributed by atoms with Crippen LogP contribution in [0, 0.1) is 6.92 Å². The van der Waals surface area contributed by atoms with E-state index in [9.17, 15) is 13.2 Å². The molecule has 0 fully saturated rings. The molecule has 9 heteroatoms.